The van der Waals surface area contributed by atoms with Crippen molar-refractivity contribution in [3.8, 4) is 0 Å². The second-order valence-corrected chi connectivity index (χ2v) is 5.56. The van der Waals surface area contributed by atoms with Gasteiger partial charge in [-0.05, 0) is 0 Å². The van der Waals surface area contributed by atoms with E-state index in [4.69, 9.17) is 0 Å². The summed E-state index contributed by atoms with van der Waals surface area (Å²) in [6.07, 6.45) is 19.2. The quantitative estimate of drug-likeness (QED) is 0.504. The standard InChI is InChI=1S/C15H30B/c1-16-15-13-11-9-7-5-3-2-4-6-8-10-12-14-15/h15H,2-14H2,1H3. The maximum Gasteiger partial charge on any atom is 0.110 e. The fourth-order valence-electron chi connectivity index (χ4n) is 2.88. The Labute approximate surface area is 104 Å². The molecule has 0 aromatic rings. The van der Waals surface area contributed by atoms with Gasteiger partial charge in [0.25, 0.3) is 0 Å². The highest BCUT2D eigenvalue weighted by atomic mass is 14.1. The highest BCUT2D eigenvalue weighted by molar-refractivity contribution is 6.35. The SMILES string of the molecule is C[B]C1CCCCCCCCCCCCC1. The van der Waals surface area contributed by atoms with Crippen LogP contribution in [-0.4, -0.2) is 7.28 Å². The van der Waals surface area contributed by atoms with Gasteiger partial charge < -0.3 is 0 Å². The van der Waals surface area contributed by atoms with Crippen LogP contribution in [0.3, 0.4) is 0 Å². The molecule has 93 valence electrons. The maximum atomic E-state index is 2.45. The average molecular weight is 221 g/mol. The van der Waals surface area contributed by atoms with Crippen LogP contribution in [0.5, 0.6) is 0 Å². The molecule has 1 rings (SSSR count). The van der Waals surface area contributed by atoms with Gasteiger partial charge in [0, 0.05) is 0 Å². The molecule has 0 atom stereocenters. The monoisotopic (exact) mass is 221 g/mol. The molecule has 0 aromatic heterocycles. The first kappa shape index (κ1) is 14.1. The third-order valence-corrected chi connectivity index (χ3v) is 4.12. The molecule has 1 aliphatic rings. The zero-order valence-electron chi connectivity index (χ0n) is 11.3. The molecule has 0 heterocycles. The van der Waals surface area contributed by atoms with E-state index in [0.29, 0.717) is 0 Å². The van der Waals surface area contributed by atoms with E-state index in [1.807, 2.05) is 0 Å². The van der Waals surface area contributed by atoms with Crippen molar-refractivity contribution in [2.24, 2.45) is 0 Å². The van der Waals surface area contributed by atoms with Gasteiger partial charge in [-0.3, -0.25) is 0 Å². The minimum absolute atomic E-state index is 0.919. The Hall–Kier alpha value is 0.0649. The highest BCUT2D eigenvalue weighted by Crippen LogP contribution is 2.23. The van der Waals surface area contributed by atoms with Crippen LogP contribution >= 0.6 is 0 Å². The molecule has 1 fully saturated rings. The summed E-state index contributed by atoms with van der Waals surface area (Å²) >= 11 is 0. The van der Waals surface area contributed by atoms with Crippen LogP contribution in [-0.2, 0) is 0 Å². The summed E-state index contributed by atoms with van der Waals surface area (Å²) < 4.78 is 0. The molecule has 0 bridgehead atoms. The van der Waals surface area contributed by atoms with Crippen LogP contribution in [0.15, 0.2) is 0 Å². The fraction of sp³-hybridized carbons (Fsp3) is 1.00. The molecule has 1 aliphatic carbocycles. The Kier molecular flexibility index (Phi) is 9.04. The molecule has 0 nitrogen and oxygen atoms in total. The van der Waals surface area contributed by atoms with Crippen molar-refractivity contribution in [3.63, 3.8) is 0 Å². The maximum absolute atomic E-state index is 2.45. The van der Waals surface area contributed by atoms with Gasteiger partial charge in [0.1, 0.15) is 7.28 Å². The van der Waals surface area contributed by atoms with Gasteiger partial charge in [0.15, 0.2) is 0 Å². The first-order chi connectivity index (χ1) is 7.93. The molecular weight excluding hydrogens is 191 g/mol. The molecule has 1 heteroatoms. The number of hydrogen-bond acceptors (Lipinski definition) is 0. The molecule has 0 amide bonds. The molecule has 16 heavy (non-hydrogen) atoms. The van der Waals surface area contributed by atoms with Crippen molar-refractivity contribution in [3.05, 3.63) is 0 Å². The Morgan fingerprint density at radius 2 is 0.875 bits per heavy atom. The summed E-state index contributed by atoms with van der Waals surface area (Å²) in [5, 5.41) is 0. The third kappa shape index (κ3) is 7.36. The van der Waals surface area contributed by atoms with E-state index in [-0.39, 0.29) is 0 Å². The van der Waals surface area contributed by atoms with Gasteiger partial charge in [-0.15, -0.1) is 0 Å². The molecule has 0 spiro atoms. The second kappa shape index (κ2) is 10.2. The lowest BCUT2D eigenvalue weighted by molar-refractivity contribution is 0.503. The normalized spacial score (nSPS) is 23.6. The Bertz CT molecular complexity index is 130. The van der Waals surface area contributed by atoms with Crippen molar-refractivity contribution in [1.29, 1.82) is 0 Å². The summed E-state index contributed by atoms with van der Waals surface area (Å²) in [7, 11) is 2.45. The first-order valence-electron chi connectivity index (χ1n) is 7.73. The van der Waals surface area contributed by atoms with Crippen LogP contribution in [0.1, 0.15) is 83.5 Å². The summed E-state index contributed by atoms with van der Waals surface area (Å²) in [5.74, 6) is 0.919. The summed E-state index contributed by atoms with van der Waals surface area (Å²) in [6.45, 7) is 2.26. The van der Waals surface area contributed by atoms with Gasteiger partial charge in [-0.1, -0.05) is 96.1 Å². The minimum atomic E-state index is 0.919. The molecule has 1 radical (unpaired) electrons. The summed E-state index contributed by atoms with van der Waals surface area (Å²) in [4.78, 5) is 0. The number of rotatable bonds is 1. The van der Waals surface area contributed by atoms with Crippen LogP contribution in [0.2, 0.25) is 12.6 Å². The summed E-state index contributed by atoms with van der Waals surface area (Å²) in [6, 6.07) is 0. The van der Waals surface area contributed by atoms with E-state index in [0.717, 1.165) is 5.82 Å². The lowest BCUT2D eigenvalue weighted by atomic mass is 9.63. The predicted molar refractivity (Wildman–Crippen MR) is 75.4 cm³/mol. The Morgan fingerprint density at radius 3 is 1.19 bits per heavy atom. The van der Waals surface area contributed by atoms with Crippen molar-refractivity contribution >= 4 is 7.28 Å². The minimum Gasteiger partial charge on any atom is -0.0917 e. The largest absolute Gasteiger partial charge is 0.110 e. The smallest absolute Gasteiger partial charge is 0.0917 e. The van der Waals surface area contributed by atoms with Crippen LogP contribution in [0.25, 0.3) is 0 Å². The van der Waals surface area contributed by atoms with Gasteiger partial charge in [-0.2, -0.15) is 0 Å². The van der Waals surface area contributed by atoms with E-state index >= 15 is 0 Å². The molecule has 0 unspecified atom stereocenters. The average Bonchev–Trinajstić information content (AvgIpc) is 2.32. The van der Waals surface area contributed by atoms with Crippen molar-refractivity contribution in [2.75, 3.05) is 0 Å². The second-order valence-electron chi connectivity index (χ2n) is 5.56. The zero-order chi connectivity index (χ0) is 11.5. The molecule has 0 saturated heterocycles. The van der Waals surface area contributed by atoms with Gasteiger partial charge >= 0.3 is 0 Å². The van der Waals surface area contributed by atoms with Crippen molar-refractivity contribution in [2.45, 2.75) is 96.1 Å². The lowest BCUT2D eigenvalue weighted by Crippen LogP contribution is -2.00. The van der Waals surface area contributed by atoms with E-state index in [1.54, 1.807) is 0 Å². The zero-order valence-corrected chi connectivity index (χ0v) is 11.3. The lowest BCUT2D eigenvalue weighted by Gasteiger charge is -2.14. The van der Waals surface area contributed by atoms with E-state index in [9.17, 15) is 0 Å². The van der Waals surface area contributed by atoms with Crippen LogP contribution in [0.4, 0.5) is 0 Å². The van der Waals surface area contributed by atoms with E-state index in [1.165, 1.54) is 83.5 Å². The van der Waals surface area contributed by atoms with Crippen LogP contribution < -0.4 is 0 Å². The molecule has 0 aliphatic heterocycles. The fourth-order valence-corrected chi connectivity index (χ4v) is 2.88. The van der Waals surface area contributed by atoms with Crippen molar-refractivity contribution in [1.82, 2.24) is 0 Å². The van der Waals surface area contributed by atoms with Gasteiger partial charge in [-0.25, -0.2) is 0 Å². The van der Waals surface area contributed by atoms with Gasteiger partial charge in [0.2, 0.25) is 0 Å². The van der Waals surface area contributed by atoms with Crippen molar-refractivity contribution < 1.29 is 0 Å². The topological polar surface area (TPSA) is 0 Å². The third-order valence-electron chi connectivity index (χ3n) is 4.12. The van der Waals surface area contributed by atoms with E-state index < -0.39 is 0 Å². The molecular formula is C15H30B. The predicted octanol–water partition coefficient (Wildman–Crippen LogP) is 5.61. The first-order valence-corrected chi connectivity index (χ1v) is 7.73. The van der Waals surface area contributed by atoms with Crippen LogP contribution in [0, 0.1) is 0 Å². The Morgan fingerprint density at radius 1 is 0.562 bits per heavy atom. The molecule has 0 aromatic carbocycles. The molecule has 1 saturated carbocycles. The van der Waals surface area contributed by atoms with Gasteiger partial charge in [0.05, 0.1) is 0 Å². The summed E-state index contributed by atoms with van der Waals surface area (Å²) in [5.41, 5.74) is 0. The number of hydrogen-bond donors (Lipinski definition) is 0. The molecule has 0 N–H and O–H groups in total. The Balaban J connectivity index is 2.16. The highest BCUT2D eigenvalue weighted by Gasteiger charge is 2.07. The van der Waals surface area contributed by atoms with E-state index in [2.05, 4.69) is 14.1 Å².